The van der Waals surface area contributed by atoms with E-state index in [0.717, 1.165) is 22.8 Å². The van der Waals surface area contributed by atoms with E-state index in [1.54, 1.807) is 6.07 Å². The maximum absolute atomic E-state index is 12.3. The minimum Gasteiger partial charge on any atom is -0.361 e. The van der Waals surface area contributed by atoms with E-state index in [2.05, 4.69) is 21.4 Å². The fourth-order valence-electron chi connectivity index (χ4n) is 2.97. The molecule has 0 aliphatic carbocycles. The first-order valence-corrected chi connectivity index (χ1v) is 8.20. The average Bonchev–Trinajstić information content (AvgIpc) is 3.18. The van der Waals surface area contributed by atoms with Crippen LogP contribution in [-0.2, 0) is 6.42 Å². The number of nitrogens with one attached hydrogen (secondary N) is 3. The first-order valence-electron chi connectivity index (χ1n) is 7.82. The van der Waals surface area contributed by atoms with E-state index >= 15 is 0 Å². The minimum absolute atomic E-state index is 0.109. The van der Waals surface area contributed by atoms with E-state index in [9.17, 15) is 4.79 Å². The number of hydrogen-bond donors (Lipinski definition) is 3. The van der Waals surface area contributed by atoms with Gasteiger partial charge in [0.1, 0.15) is 5.69 Å². The summed E-state index contributed by atoms with van der Waals surface area (Å²) in [6.45, 7) is 0.580. The molecule has 0 saturated heterocycles. The van der Waals surface area contributed by atoms with Crippen LogP contribution in [0, 0.1) is 0 Å². The average molecular weight is 338 g/mol. The van der Waals surface area contributed by atoms with E-state index < -0.39 is 0 Å². The van der Waals surface area contributed by atoms with E-state index in [1.807, 2.05) is 42.6 Å². The van der Waals surface area contributed by atoms with Gasteiger partial charge in [0.15, 0.2) is 0 Å². The topological polar surface area (TPSA) is 60.7 Å². The lowest BCUT2D eigenvalue weighted by atomic mass is 10.1. The molecule has 2 aromatic heterocycles. The number of carbonyl (C=O) groups is 1. The van der Waals surface area contributed by atoms with Gasteiger partial charge in [0.25, 0.3) is 5.91 Å². The zero-order chi connectivity index (χ0) is 16.5. The molecule has 0 fully saturated rings. The van der Waals surface area contributed by atoms with Crippen LogP contribution < -0.4 is 5.32 Å². The third-order valence-corrected chi connectivity index (χ3v) is 4.42. The maximum atomic E-state index is 12.3. The number of rotatable bonds is 4. The number of fused-ring (bicyclic) bond motifs is 2. The molecule has 2 heterocycles. The zero-order valence-electron chi connectivity index (χ0n) is 12.9. The Morgan fingerprint density at radius 1 is 1.08 bits per heavy atom. The molecule has 0 aliphatic heterocycles. The van der Waals surface area contributed by atoms with Gasteiger partial charge in [-0.05, 0) is 42.3 Å². The van der Waals surface area contributed by atoms with Gasteiger partial charge < -0.3 is 15.3 Å². The summed E-state index contributed by atoms with van der Waals surface area (Å²) >= 11 is 5.98. The third-order valence-electron chi connectivity index (χ3n) is 4.18. The Hall–Kier alpha value is -2.72. The molecular formula is C19H16ClN3O. The molecule has 0 saturated carbocycles. The van der Waals surface area contributed by atoms with Gasteiger partial charge in [-0.25, -0.2) is 0 Å². The lowest BCUT2D eigenvalue weighted by Crippen LogP contribution is -2.25. The summed E-state index contributed by atoms with van der Waals surface area (Å²) in [4.78, 5) is 18.7. The quantitative estimate of drug-likeness (QED) is 0.511. The highest BCUT2D eigenvalue weighted by atomic mass is 35.5. The summed E-state index contributed by atoms with van der Waals surface area (Å²) < 4.78 is 0. The van der Waals surface area contributed by atoms with Crippen molar-refractivity contribution in [3.8, 4) is 0 Å². The molecule has 1 amide bonds. The molecule has 0 atom stereocenters. The number of aromatic nitrogens is 2. The van der Waals surface area contributed by atoms with Crippen molar-refractivity contribution in [3.05, 3.63) is 71.0 Å². The van der Waals surface area contributed by atoms with Gasteiger partial charge in [0, 0.05) is 39.6 Å². The van der Waals surface area contributed by atoms with Gasteiger partial charge in [-0.1, -0.05) is 29.8 Å². The van der Waals surface area contributed by atoms with Crippen LogP contribution >= 0.6 is 11.6 Å². The number of H-pyrrole nitrogens is 2. The maximum Gasteiger partial charge on any atom is 0.267 e. The molecule has 0 spiro atoms. The molecule has 0 radical (unpaired) electrons. The Balaban J connectivity index is 1.44. The van der Waals surface area contributed by atoms with Crippen molar-refractivity contribution in [2.45, 2.75) is 6.42 Å². The molecule has 4 nitrogen and oxygen atoms in total. The van der Waals surface area contributed by atoms with Gasteiger partial charge in [0.2, 0.25) is 0 Å². The van der Waals surface area contributed by atoms with Crippen LogP contribution in [0.25, 0.3) is 21.8 Å². The molecule has 0 unspecified atom stereocenters. The van der Waals surface area contributed by atoms with Crippen molar-refractivity contribution in [1.29, 1.82) is 0 Å². The third kappa shape index (κ3) is 2.76. The lowest BCUT2D eigenvalue weighted by molar-refractivity contribution is 0.0950. The van der Waals surface area contributed by atoms with Crippen molar-refractivity contribution < 1.29 is 4.79 Å². The van der Waals surface area contributed by atoms with Crippen molar-refractivity contribution in [1.82, 2.24) is 15.3 Å². The van der Waals surface area contributed by atoms with Crippen LogP contribution in [0.5, 0.6) is 0 Å². The predicted octanol–water partition coefficient (Wildman–Crippen LogP) is 4.28. The van der Waals surface area contributed by atoms with E-state index in [0.29, 0.717) is 17.3 Å². The van der Waals surface area contributed by atoms with Crippen LogP contribution in [0.1, 0.15) is 16.1 Å². The first-order chi connectivity index (χ1) is 11.7. The highest BCUT2D eigenvalue weighted by molar-refractivity contribution is 6.31. The predicted molar refractivity (Wildman–Crippen MR) is 97.6 cm³/mol. The molecule has 4 rings (SSSR count). The Morgan fingerprint density at radius 2 is 1.96 bits per heavy atom. The van der Waals surface area contributed by atoms with Gasteiger partial charge >= 0.3 is 0 Å². The van der Waals surface area contributed by atoms with Crippen LogP contribution in [0.4, 0.5) is 0 Å². The van der Waals surface area contributed by atoms with Crippen LogP contribution in [-0.4, -0.2) is 22.4 Å². The molecular weight excluding hydrogens is 322 g/mol. The second-order valence-electron chi connectivity index (χ2n) is 5.78. The second-order valence-corrected chi connectivity index (χ2v) is 6.22. The molecule has 4 aromatic rings. The smallest absolute Gasteiger partial charge is 0.267 e. The van der Waals surface area contributed by atoms with Crippen molar-refractivity contribution in [2.24, 2.45) is 0 Å². The van der Waals surface area contributed by atoms with Gasteiger partial charge in [-0.2, -0.15) is 0 Å². The number of aromatic amines is 2. The Labute approximate surface area is 143 Å². The number of carbonyl (C=O) groups excluding carboxylic acids is 1. The summed E-state index contributed by atoms with van der Waals surface area (Å²) in [7, 11) is 0. The Morgan fingerprint density at radius 3 is 2.88 bits per heavy atom. The number of amides is 1. The second kappa shape index (κ2) is 6.06. The molecule has 5 heteroatoms. The van der Waals surface area contributed by atoms with E-state index in [4.69, 9.17) is 11.6 Å². The Kier molecular flexibility index (Phi) is 3.75. The van der Waals surface area contributed by atoms with Crippen LogP contribution in [0.15, 0.2) is 54.7 Å². The van der Waals surface area contributed by atoms with Crippen molar-refractivity contribution >= 4 is 39.3 Å². The van der Waals surface area contributed by atoms with Gasteiger partial charge in [-0.3, -0.25) is 4.79 Å². The fourth-order valence-corrected chi connectivity index (χ4v) is 3.15. The highest BCUT2D eigenvalue weighted by Gasteiger charge is 2.10. The number of para-hydroxylation sites is 1. The molecule has 3 N–H and O–H groups in total. The lowest BCUT2D eigenvalue weighted by Gasteiger charge is -2.03. The van der Waals surface area contributed by atoms with Crippen molar-refractivity contribution in [2.75, 3.05) is 6.54 Å². The Bertz CT molecular complexity index is 1030. The summed E-state index contributed by atoms with van der Waals surface area (Å²) in [6, 6.07) is 15.5. The molecule has 24 heavy (non-hydrogen) atoms. The molecule has 120 valence electrons. The van der Waals surface area contributed by atoms with Gasteiger partial charge in [-0.15, -0.1) is 0 Å². The minimum atomic E-state index is -0.109. The molecule has 2 aromatic carbocycles. The molecule has 0 aliphatic rings. The van der Waals surface area contributed by atoms with E-state index in [1.165, 1.54) is 10.9 Å². The first kappa shape index (κ1) is 14.8. The summed E-state index contributed by atoms with van der Waals surface area (Å²) in [5, 5.41) is 5.76. The number of hydrogen-bond acceptors (Lipinski definition) is 1. The highest BCUT2D eigenvalue weighted by Crippen LogP contribution is 2.20. The SMILES string of the molecule is O=C(NCCc1c[nH]c2ccccc12)c1cc2cc(Cl)ccc2[nH]1. The fraction of sp³-hybridized carbons (Fsp3) is 0.105. The normalized spacial score (nSPS) is 11.2. The van der Waals surface area contributed by atoms with Gasteiger partial charge in [0.05, 0.1) is 0 Å². The summed E-state index contributed by atoms with van der Waals surface area (Å²) in [6.07, 6.45) is 2.78. The number of benzene rings is 2. The van der Waals surface area contributed by atoms with Crippen LogP contribution in [0.2, 0.25) is 5.02 Å². The standard InChI is InChI=1S/C19H16ClN3O/c20-14-5-6-16-13(9-14)10-18(23-16)19(24)21-8-7-12-11-22-17-4-2-1-3-15(12)17/h1-6,9-11,22-23H,7-8H2,(H,21,24). The summed E-state index contributed by atoms with van der Waals surface area (Å²) in [5.41, 5.74) is 3.77. The number of halogens is 1. The molecule has 0 bridgehead atoms. The van der Waals surface area contributed by atoms with Crippen LogP contribution in [0.3, 0.4) is 0 Å². The summed E-state index contributed by atoms with van der Waals surface area (Å²) in [5.74, 6) is -0.109. The zero-order valence-corrected chi connectivity index (χ0v) is 13.7. The van der Waals surface area contributed by atoms with Crippen molar-refractivity contribution in [3.63, 3.8) is 0 Å². The van der Waals surface area contributed by atoms with E-state index in [-0.39, 0.29) is 5.91 Å². The monoisotopic (exact) mass is 337 g/mol. The largest absolute Gasteiger partial charge is 0.361 e.